The van der Waals surface area contributed by atoms with Crippen LogP contribution >= 0.6 is 51.3 Å². The quantitative estimate of drug-likeness (QED) is 0.388. The monoisotopic (exact) mass is 493 g/mol. The lowest BCUT2D eigenvalue weighted by Crippen LogP contribution is -2.25. The van der Waals surface area contributed by atoms with E-state index in [9.17, 15) is 4.79 Å². The van der Waals surface area contributed by atoms with Gasteiger partial charge < -0.3 is 9.88 Å². The molecule has 3 aromatic rings. The number of halogens is 3. The number of likely N-dealkylation sites (N-methyl/N-ethyl adjacent to an activating group) is 1. The zero-order chi connectivity index (χ0) is 20.0. The van der Waals surface area contributed by atoms with Crippen molar-refractivity contribution >= 4 is 79.3 Å². The largest absolute Gasteiger partial charge is 0.342 e. The van der Waals surface area contributed by atoms with Crippen molar-refractivity contribution in [2.24, 2.45) is 0 Å². The Bertz CT molecular complexity index is 1170. The molecule has 0 saturated carbocycles. The van der Waals surface area contributed by atoms with Crippen molar-refractivity contribution in [2.75, 3.05) is 7.05 Å². The number of thiocarbonyl (C=S) groups is 1. The summed E-state index contributed by atoms with van der Waals surface area (Å²) in [6.07, 6.45) is 3.83. The summed E-state index contributed by atoms with van der Waals surface area (Å²) in [5, 5.41) is 5.60. The van der Waals surface area contributed by atoms with Crippen LogP contribution in [0.15, 0.2) is 52.8 Å². The third-order valence-electron chi connectivity index (χ3n) is 4.61. The number of amides is 1. The summed E-state index contributed by atoms with van der Waals surface area (Å²) in [5.41, 5.74) is 3.36. The molecule has 0 bridgehead atoms. The molecule has 1 aromatic heterocycles. The van der Waals surface area contributed by atoms with E-state index in [1.165, 1.54) is 4.90 Å². The Kier molecular flexibility index (Phi) is 5.22. The molecule has 1 aliphatic heterocycles. The first-order chi connectivity index (χ1) is 13.3. The Labute approximate surface area is 185 Å². The smallest absolute Gasteiger partial charge is 0.276 e. The van der Waals surface area contributed by atoms with Crippen molar-refractivity contribution in [1.82, 2.24) is 14.8 Å². The number of rotatable bonds is 3. The summed E-state index contributed by atoms with van der Waals surface area (Å²) < 4.78 is 3.06. The normalized spacial score (nSPS) is 15.7. The van der Waals surface area contributed by atoms with Crippen LogP contribution in [0.2, 0.25) is 10.0 Å². The molecule has 0 atom stereocenters. The molecule has 8 heteroatoms. The van der Waals surface area contributed by atoms with E-state index < -0.39 is 0 Å². The number of nitrogens with one attached hydrogen (secondary N) is 1. The number of aromatic nitrogens is 1. The van der Waals surface area contributed by atoms with Gasteiger partial charge in [0.2, 0.25) is 0 Å². The number of benzene rings is 2. The number of carbonyl (C=O) groups excluding carboxylic acids is 1. The number of hydrogen-bond donors (Lipinski definition) is 1. The topological polar surface area (TPSA) is 37.3 Å². The summed E-state index contributed by atoms with van der Waals surface area (Å²) in [6.45, 7) is 0.580. The van der Waals surface area contributed by atoms with Gasteiger partial charge in [-0.1, -0.05) is 45.2 Å². The molecule has 1 aliphatic rings. The molecule has 28 heavy (non-hydrogen) atoms. The van der Waals surface area contributed by atoms with Gasteiger partial charge in [-0.25, -0.2) is 0 Å². The molecule has 142 valence electrons. The van der Waals surface area contributed by atoms with Crippen molar-refractivity contribution in [3.05, 3.63) is 73.9 Å². The van der Waals surface area contributed by atoms with Gasteiger partial charge in [0.15, 0.2) is 5.11 Å². The molecule has 0 aliphatic carbocycles. The summed E-state index contributed by atoms with van der Waals surface area (Å²) in [6, 6.07) is 11.5. The molecule has 1 N–H and O–H groups in total. The summed E-state index contributed by atoms with van der Waals surface area (Å²) in [7, 11) is 1.65. The third kappa shape index (κ3) is 3.57. The number of hydrogen-bond acceptors (Lipinski definition) is 2. The van der Waals surface area contributed by atoms with Gasteiger partial charge in [-0.2, -0.15) is 0 Å². The summed E-state index contributed by atoms with van der Waals surface area (Å²) >= 11 is 21.1. The van der Waals surface area contributed by atoms with Gasteiger partial charge in [0, 0.05) is 50.8 Å². The highest BCUT2D eigenvalue weighted by molar-refractivity contribution is 9.10. The second kappa shape index (κ2) is 7.52. The van der Waals surface area contributed by atoms with Crippen molar-refractivity contribution in [3.63, 3.8) is 0 Å². The van der Waals surface area contributed by atoms with E-state index in [0.29, 0.717) is 27.4 Å². The molecular formula is C20H14BrCl2N3OS. The maximum absolute atomic E-state index is 12.4. The van der Waals surface area contributed by atoms with E-state index in [0.717, 1.165) is 26.5 Å². The molecule has 0 spiro atoms. The molecule has 2 aromatic carbocycles. The molecule has 4 rings (SSSR count). The first-order valence-corrected chi connectivity index (χ1v) is 10.3. The molecule has 0 radical (unpaired) electrons. The second-order valence-corrected chi connectivity index (χ2v) is 8.61. The van der Waals surface area contributed by atoms with Gasteiger partial charge >= 0.3 is 0 Å². The highest BCUT2D eigenvalue weighted by Gasteiger charge is 2.27. The highest BCUT2D eigenvalue weighted by atomic mass is 79.9. The van der Waals surface area contributed by atoms with E-state index in [-0.39, 0.29) is 5.91 Å². The molecule has 1 amide bonds. The van der Waals surface area contributed by atoms with Crippen LogP contribution < -0.4 is 5.32 Å². The van der Waals surface area contributed by atoms with Gasteiger partial charge in [-0.15, -0.1) is 0 Å². The summed E-state index contributed by atoms with van der Waals surface area (Å²) in [4.78, 5) is 13.8. The summed E-state index contributed by atoms with van der Waals surface area (Å²) in [5.74, 6) is -0.151. The van der Waals surface area contributed by atoms with E-state index >= 15 is 0 Å². The van der Waals surface area contributed by atoms with E-state index in [2.05, 4.69) is 25.8 Å². The lowest BCUT2D eigenvalue weighted by molar-refractivity contribution is -0.121. The fourth-order valence-corrected chi connectivity index (χ4v) is 4.18. The van der Waals surface area contributed by atoms with Crippen LogP contribution in [0.5, 0.6) is 0 Å². The van der Waals surface area contributed by atoms with Crippen LogP contribution in [0, 0.1) is 0 Å². The van der Waals surface area contributed by atoms with Crippen molar-refractivity contribution in [3.8, 4) is 0 Å². The Morgan fingerprint density at radius 2 is 2.00 bits per heavy atom. The van der Waals surface area contributed by atoms with Gasteiger partial charge in [0.1, 0.15) is 5.70 Å². The standard InChI is InChI=1S/C20H14BrCl2N3OS/c1-25-19(27)17(24-20(25)28)6-12-10-26(18-5-3-13(21)7-15(12)18)9-11-2-4-14(22)8-16(11)23/h2-8,10H,9H2,1H3,(H,24,28)/b17-6-. The van der Waals surface area contributed by atoms with E-state index in [1.807, 2.05) is 42.6 Å². The maximum atomic E-state index is 12.4. The Morgan fingerprint density at radius 3 is 2.68 bits per heavy atom. The molecular weight excluding hydrogens is 481 g/mol. The predicted octanol–water partition coefficient (Wildman–Crippen LogP) is 5.45. The van der Waals surface area contributed by atoms with Crippen LogP contribution in [0.3, 0.4) is 0 Å². The van der Waals surface area contributed by atoms with E-state index in [4.69, 9.17) is 35.4 Å². The van der Waals surface area contributed by atoms with Gasteiger partial charge in [0.05, 0.1) is 0 Å². The van der Waals surface area contributed by atoms with Crippen LogP contribution in [-0.4, -0.2) is 27.5 Å². The minimum absolute atomic E-state index is 0.151. The SMILES string of the molecule is CN1C(=O)/C(=C/c2cn(Cc3ccc(Cl)cc3Cl)c3ccc(Br)cc23)NC1=S. The lowest BCUT2D eigenvalue weighted by Gasteiger charge is -2.08. The average molecular weight is 495 g/mol. The van der Waals surface area contributed by atoms with Crippen LogP contribution in [0.25, 0.3) is 17.0 Å². The highest BCUT2D eigenvalue weighted by Crippen LogP contribution is 2.30. The first kappa shape index (κ1) is 19.5. The second-order valence-electron chi connectivity index (χ2n) is 6.46. The van der Waals surface area contributed by atoms with Gasteiger partial charge in [-0.3, -0.25) is 9.69 Å². The molecule has 0 unspecified atom stereocenters. The van der Waals surface area contributed by atoms with Crippen LogP contribution in [-0.2, 0) is 11.3 Å². The Balaban J connectivity index is 1.81. The van der Waals surface area contributed by atoms with Crippen molar-refractivity contribution in [1.29, 1.82) is 0 Å². The van der Waals surface area contributed by atoms with Gasteiger partial charge in [-0.05, 0) is 54.2 Å². The molecule has 2 heterocycles. The minimum atomic E-state index is -0.151. The van der Waals surface area contributed by atoms with Crippen LogP contribution in [0.4, 0.5) is 0 Å². The fraction of sp³-hybridized carbons (Fsp3) is 0.100. The average Bonchev–Trinajstić information content (AvgIpc) is 3.10. The van der Waals surface area contributed by atoms with Crippen molar-refractivity contribution in [2.45, 2.75) is 6.54 Å². The first-order valence-electron chi connectivity index (χ1n) is 8.36. The molecule has 4 nitrogen and oxygen atoms in total. The number of nitrogens with zero attached hydrogens (tertiary/aromatic N) is 2. The van der Waals surface area contributed by atoms with E-state index in [1.54, 1.807) is 13.1 Å². The lowest BCUT2D eigenvalue weighted by atomic mass is 10.1. The third-order valence-corrected chi connectivity index (χ3v) is 6.07. The number of fused-ring (bicyclic) bond motifs is 1. The van der Waals surface area contributed by atoms with Crippen molar-refractivity contribution < 1.29 is 4.79 Å². The zero-order valence-corrected chi connectivity index (χ0v) is 18.6. The number of carbonyl (C=O) groups is 1. The zero-order valence-electron chi connectivity index (χ0n) is 14.7. The Hall–Kier alpha value is -1.86. The Morgan fingerprint density at radius 1 is 1.21 bits per heavy atom. The maximum Gasteiger partial charge on any atom is 0.276 e. The molecule has 1 fully saturated rings. The minimum Gasteiger partial charge on any atom is -0.342 e. The van der Waals surface area contributed by atoms with Gasteiger partial charge in [0.25, 0.3) is 5.91 Å². The molecule has 1 saturated heterocycles. The van der Waals surface area contributed by atoms with Crippen LogP contribution in [0.1, 0.15) is 11.1 Å². The predicted molar refractivity (Wildman–Crippen MR) is 122 cm³/mol. The fourth-order valence-electron chi connectivity index (χ4n) is 3.15.